The number of nitrogens with zero attached hydrogens (tertiary/aromatic N) is 3. The number of hydrogen-bond donors (Lipinski definition) is 2. The minimum Gasteiger partial charge on any atom is -0.457 e. The number of carbonyl (C=O) groups is 1. The van der Waals surface area contributed by atoms with E-state index in [4.69, 9.17) is 10.1 Å². The van der Waals surface area contributed by atoms with Gasteiger partial charge in [0.1, 0.15) is 23.6 Å². The Hall–Kier alpha value is -4.18. The van der Waals surface area contributed by atoms with Crippen molar-refractivity contribution in [1.29, 1.82) is 5.41 Å². The molecule has 166 valence electrons. The highest BCUT2D eigenvalue weighted by molar-refractivity contribution is 6.13. The van der Waals surface area contributed by atoms with Gasteiger partial charge in [-0.05, 0) is 62.1 Å². The van der Waals surface area contributed by atoms with Crippen molar-refractivity contribution in [3.63, 3.8) is 0 Å². The fourth-order valence-electron chi connectivity index (χ4n) is 3.83. The lowest BCUT2D eigenvalue weighted by Gasteiger charge is -2.23. The van der Waals surface area contributed by atoms with Crippen molar-refractivity contribution in [2.24, 2.45) is 0 Å². The van der Waals surface area contributed by atoms with Crippen LogP contribution in [0, 0.1) is 17.3 Å². The van der Waals surface area contributed by atoms with Gasteiger partial charge in [-0.1, -0.05) is 24.1 Å². The van der Waals surface area contributed by atoms with Gasteiger partial charge in [-0.25, -0.2) is 9.97 Å². The fraction of sp³-hybridized carbons (Fsp3) is 0.231. The number of carbonyl (C=O) groups excluding carboxylic acids is 1. The third kappa shape index (κ3) is 5.36. The number of amides is 1. The molecule has 1 aliphatic rings. The lowest BCUT2D eigenvalue weighted by molar-refractivity contribution is -0.125. The molecule has 33 heavy (non-hydrogen) atoms. The van der Waals surface area contributed by atoms with Crippen LogP contribution in [-0.4, -0.2) is 45.6 Å². The van der Waals surface area contributed by atoms with Gasteiger partial charge in [-0.3, -0.25) is 10.2 Å². The van der Waals surface area contributed by atoms with Gasteiger partial charge >= 0.3 is 0 Å². The molecule has 1 aromatic heterocycles. The van der Waals surface area contributed by atoms with Crippen LogP contribution in [0.4, 0.5) is 5.82 Å². The van der Waals surface area contributed by atoms with Crippen LogP contribution in [0.1, 0.15) is 30.9 Å². The lowest BCUT2D eigenvalue weighted by Crippen LogP contribution is -2.39. The first-order valence-corrected chi connectivity index (χ1v) is 10.8. The largest absolute Gasteiger partial charge is 0.457 e. The molecular weight excluding hydrogens is 414 g/mol. The number of nitrogens with one attached hydrogen (secondary N) is 2. The summed E-state index contributed by atoms with van der Waals surface area (Å²) in [7, 11) is 0. The molecule has 7 heteroatoms. The quantitative estimate of drug-likeness (QED) is 0.427. The van der Waals surface area contributed by atoms with E-state index in [1.165, 1.54) is 6.33 Å². The summed E-state index contributed by atoms with van der Waals surface area (Å²) in [6.07, 6.45) is 4.94. The molecule has 0 saturated carbocycles. The van der Waals surface area contributed by atoms with Gasteiger partial charge < -0.3 is 15.0 Å². The Morgan fingerprint density at radius 3 is 2.70 bits per heavy atom. The molecule has 1 atom stereocenters. The van der Waals surface area contributed by atoms with Crippen LogP contribution in [0.15, 0.2) is 67.1 Å². The van der Waals surface area contributed by atoms with E-state index in [9.17, 15) is 4.79 Å². The second-order valence-corrected chi connectivity index (χ2v) is 7.65. The Labute approximate surface area is 193 Å². The molecule has 1 fully saturated rings. The first kappa shape index (κ1) is 22.0. The summed E-state index contributed by atoms with van der Waals surface area (Å²) in [5.41, 5.74) is 1.63. The minimum atomic E-state index is -0.143. The van der Waals surface area contributed by atoms with Crippen LogP contribution in [0.5, 0.6) is 11.5 Å². The van der Waals surface area contributed by atoms with Crippen LogP contribution < -0.4 is 10.1 Å². The number of benzene rings is 2. The van der Waals surface area contributed by atoms with Crippen LogP contribution >= 0.6 is 0 Å². The van der Waals surface area contributed by atoms with Gasteiger partial charge in [0.05, 0.1) is 11.3 Å². The summed E-state index contributed by atoms with van der Waals surface area (Å²) in [5.74, 6) is 7.18. The molecule has 0 aliphatic carbocycles. The van der Waals surface area contributed by atoms with Crippen molar-refractivity contribution in [2.45, 2.75) is 25.8 Å². The summed E-state index contributed by atoms with van der Waals surface area (Å²) >= 11 is 0. The lowest BCUT2D eigenvalue weighted by atomic mass is 10.0. The van der Waals surface area contributed by atoms with E-state index < -0.39 is 0 Å². The maximum Gasteiger partial charge on any atom is 0.298 e. The molecule has 1 saturated heterocycles. The summed E-state index contributed by atoms with van der Waals surface area (Å²) in [6, 6.07) is 17.0. The van der Waals surface area contributed by atoms with Gasteiger partial charge in [0.25, 0.3) is 5.91 Å². The average Bonchev–Trinajstić information content (AvgIpc) is 3.33. The molecule has 0 radical (unpaired) electrons. The zero-order valence-electron chi connectivity index (χ0n) is 18.4. The zero-order chi connectivity index (χ0) is 23.0. The molecule has 1 unspecified atom stereocenters. The maximum atomic E-state index is 12.2. The van der Waals surface area contributed by atoms with Crippen LogP contribution in [0.2, 0.25) is 0 Å². The summed E-state index contributed by atoms with van der Waals surface area (Å²) in [5, 5.41) is 12.0. The van der Waals surface area contributed by atoms with E-state index in [-0.39, 0.29) is 11.9 Å². The number of para-hydroxylation sites is 1. The summed E-state index contributed by atoms with van der Waals surface area (Å²) < 4.78 is 5.84. The zero-order valence-corrected chi connectivity index (χ0v) is 18.4. The molecule has 1 amide bonds. The predicted molar refractivity (Wildman–Crippen MR) is 128 cm³/mol. The molecule has 0 bridgehead atoms. The third-order valence-electron chi connectivity index (χ3n) is 5.48. The van der Waals surface area contributed by atoms with E-state index in [2.05, 4.69) is 27.1 Å². The number of likely N-dealkylation sites (tertiary alicyclic amines) is 1. The van der Waals surface area contributed by atoms with E-state index >= 15 is 0 Å². The maximum absolute atomic E-state index is 12.2. The normalized spacial score (nSPS) is 14.8. The Kier molecular flexibility index (Phi) is 6.96. The fourth-order valence-corrected chi connectivity index (χ4v) is 3.83. The highest BCUT2D eigenvalue weighted by Crippen LogP contribution is 2.24. The first-order chi connectivity index (χ1) is 16.2. The van der Waals surface area contributed by atoms with Crippen molar-refractivity contribution in [3.05, 3.63) is 78.2 Å². The second-order valence-electron chi connectivity index (χ2n) is 7.65. The molecule has 4 rings (SSSR count). The Morgan fingerprint density at radius 1 is 1.18 bits per heavy atom. The topological polar surface area (TPSA) is 91.2 Å². The highest BCUT2D eigenvalue weighted by atomic mass is 16.5. The van der Waals surface area contributed by atoms with Gasteiger partial charge in [0.2, 0.25) is 0 Å². The third-order valence-corrected chi connectivity index (χ3v) is 5.48. The van der Waals surface area contributed by atoms with Crippen LogP contribution in [0.3, 0.4) is 0 Å². The van der Waals surface area contributed by atoms with Crippen LogP contribution in [-0.2, 0) is 4.79 Å². The molecule has 7 nitrogen and oxygen atoms in total. The van der Waals surface area contributed by atoms with E-state index in [1.54, 1.807) is 18.0 Å². The van der Waals surface area contributed by atoms with Gasteiger partial charge in [0.15, 0.2) is 0 Å². The van der Waals surface area contributed by atoms with Crippen molar-refractivity contribution in [3.8, 4) is 23.3 Å². The van der Waals surface area contributed by atoms with E-state index in [0.717, 1.165) is 24.2 Å². The number of anilines is 1. The number of ether oxygens (including phenoxy) is 1. The number of hydrogen-bond acceptors (Lipinski definition) is 6. The predicted octanol–water partition coefficient (Wildman–Crippen LogP) is 4.11. The van der Waals surface area contributed by atoms with E-state index in [1.807, 2.05) is 54.6 Å². The van der Waals surface area contributed by atoms with Crippen molar-refractivity contribution in [1.82, 2.24) is 14.9 Å². The van der Waals surface area contributed by atoms with Crippen molar-refractivity contribution < 1.29 is 9.53 Å². The minimum absolute atomic E-state index is 0.0461. The monoisotopic (exact) mass is 439 g/mol. The standard InChI is InChI=1S/C26H25N5O2/c1-2-7-24(32)31-15-6-8-20(31)16-29-26-23(17-28-18-30-26)25(27)19-11-13-22(14-12-19)33-21-9-4-3-5-10-21/h3-5,9-14,17-18,20,27H,6,8,15-16H2,1H3,(H,28,29,30). The Morgan fingerprint density at radius 2 is 1.94 bits per heavy atom. The number of aromatic nitrogens is 2. The molecular formula is C26H25N5O2. The molecule has 0 spiro atoms. The molecule has 2 N–H and O–H groups in total. The SMILES string of the molecule is CC#CC(=O)N1CCCC1CNc1ncncc1C(=N)c1ccc(Oc2ccccc2)cc1. The van der Waals surface area contributed by atoms with E-state index in [0.29, 0.717) is 35.9 Å². The summed E-state index contributed by atoms with van der Waals surface area (Å²) in [4.78, 5) is 22.5. The smallest absolute Gasteiger partial charge is 0.298 e. The molecule has 3 aromatic rings. The molecule has 2 heterocycles. The van der Waals surface area contributed by atoms with Gasteiger partial charge in [0, 0.05) is 30.9 Å². The van der Waals surface area contributed by atoms with Crippen molar-refractivity contribution >= 4 is 17.4 Å². The second kappa shape index (κ2) is 10.4. The highest BCUT2D eigenvalue weighted by Gasteiger charge is 2.28. The number of rotatable bonds is 7. The van der Waals surface area contributed by atoms with Crippen molar-refractivity contribution in [2.75, 3.05) is 18.4 Å². The molecule has 1 aliphatic heterocycles. The van der Waals surface area contributed by atoms with Crippen LogP contribution in [0.25, 0.3) is 0 Å². The van der Waals surface area contributed by atoms with Gasteiger partial charge in [-0.2, -0.15) is 0 Å². The average molecular weight is 440 g/mol. The molecule has 2 aromatic carbocycles. The Balaban J connectivity index is 1.45. The first-order valence-electron chi connectivity index (χ1n) is 10.8. The summed E-state index contributed by atoms with van der Waals surface area (Å²) in [6.45, 7) is 2.92. The van der Waals surface area contributed by atoms with Gasteiger partial charge in [-0.15, -0.1) is 0 Å². The Bertz CT molecular complexity index is 1180.